The molecule has 0 unspecified atom stereocenters. The Morgan fingerprint density at radius 3 is 2.43 bits per heavy atom. The van der Waals surface area contributed by atoms with Crippen molar-refractivity contribution in [3.05, 3.63) is 28.2 Å². The van der Waals surface area contributed by atoms with Crippen LogP contribution >= 0.6 is 15.9 Å². The minimum Gasteiger partial charge on any atom is -0.377 e. The Morgan fingerprint density at radius 2 is 2.00 bits per heavy atom. The third kappa shape index (κ3) is 1.66. The van der Waals surface area contributed by atoms with Gasteiger partial charge in [-0.3, -0.25) is 0 Å². The van der Waals surface area contributed by atoms with Crippen LogP contribution in [-0.4, -0.2) is 14.1 Å². The van der Waals surface area contributed by atoms with Gasteiger partial charge in [0, 0.05) is 24.1 Å². The maximum Gasteiger partial charge on any atom is 0.0505 e. The van der Waals surface area contributed by atoms with Gasteiger partial charge in [0.15, 0.2) is 0 Å². The molecule has 0 heterocycles. The van der Waals surface area contributed by atoms with Crippen LogP contribution < -0.4 is 10.6 Å². The van der Waals surface area contributed by atoms with Crippen molar-refractivity contribution in [2.45, 2.75) is 18.4 Å². The average molecular weight is 255 g/mol. The third-order valence-electron chi connectivity index (χ3n) is 2.79. The molecule has 1 aromatic rings. The Kier molecular flexibility index (Phi) is 2.32. The average Bonchev–Trinajstić information content (AvgIpc) is 2.84. The molecule has 1 aliphatic carbocycles. The topological polar surface area (TPSA) is 29.3 Å². The second kappa shape index (κ2) is 3.24. The van der Waals surface area contributed by atoms with Crippen LogP contribution in [0.5, 0.6) is 0 Å². The molecule has 1 aromatic carbocycles. The Balaban J connectivity index is 2.36. The van der Waals surface area contributed by atoms with Crippen molar-refractivity contribution in [2.75, 3.05) is 19.0 Å². The van der Waals surface area contributed by atoms with Crippen LogP contribution in [0, 0.1) is 0 Å². The number of hydrogen-bond acceptors (Lipinski definition) is 2. The first-order chi connectivity index (χ1) is 6.53. The molecule has 2 nitrogen and oxygen atoms in total. The number of benzene rings is 1. The highest BCUT2D eigenvalue weighted by molar-refractivity contribution is 9.10. The number of rotatable bonds is 2. The molecule has 3 heteroatoms. The molecule has 0 radical (unpaired) electrons. The van der Waals surface area contributed by atoms with Gasteiger partial charge in [-0.1, -0.05) is 6.07 Å². The minimum atomic E-state index is -0.0344. The molecule has 0 atom stereocenters. The first-order valence-electron chi connectivity index (χ1n) is 4.79. The Morgan fingerprint density at radius 1 is 1.36 bits per heavy atom. The minimum absolute atomic E-state index is 0.0344. The smallest absolute Gasteiger partial charge is 0.0505 e. The zero-order valence-electron chi connectivity index (χ0n) is 8.55. The molecule has 1 saturated carbocycles. The van der Waals surface area contributed by atoms with Crippen molar-refractivity contribution >= 4 is 21.6 Å². The highest BCUT2D eigenvalue weighted by Gasteiger charge is 2.40. The second-order valence-corrected chi connectivity index (χ2v) is 5.07. The van der Waals surface area contributed by atoms with Gasteiger partial charge in [0.05, 0.1) is 5.69 Å². The number of halogens is 1. The summed E-state index contributed by atoms with van der Waals surface area (Å²) in [6, 6.07) is 6.39. The van der Waals surface area contributed by atoms with Crippen LogP contribution in [0.1, 0.15) is 18.4 Å². The van der Waals surface area contributed by atoms with E-state index in [4.69, 9.17) is 5.73 Å². The summed E-state index contributed by atoms with van der Waals surface area (Å²) in [6.45, 7) is 0. The molecule has 0 spiro atoms. The van der Waals surface area contributed by atoms with Gasteiger partial charge < -0.3 is 10.6 Å². The molecule has 76 valence electrons. The Hall–Kier alpha value is -0.540. The van der Waals surface area contributed by atoms with Gasteiger partial charge >= 0.3 is 0 Å². The van der Waals surface area contributed by atoms with Crippen LogP contribution in [-0.2, 0) is 5.54 Å². The van der Waals surface area contributed by atoms with E-state index in [0.717, 1.165) is 17.3 Å². The standard InChI is InChI=1S/C11H15BrN2/c1-14(2)10-4-3-8(7-9(10)12)11(13)5-6-11/h3-4,7H,5-6,13H2,1-2H3. The number of hydrogen-bond donors (Lipinski definition) is 1. The van der Waals surface area contributed by atoms with E-state index in [1.165, 1.54) is 11.3 Å². The summed E-state index contributed by atoms with van der Waals surface area (Å²) < 4.78 is 1.12. The molecule has 0 bridgehead atoms. The quantitative estimate of drug-likeness (QED) is 0.879. The number of nitrogens with two attached hydrogens (primary N) is 1. The lowest BCUT2D eigenvalue weighted by Gasteiger charge is -2.17. The fraction of sp³-hybridized carbons (Fsp3) is 0.455. The monoisotopic (exact) mass is 254 g/mol. The Bertz CT molecular complexity index is 356. The van der Waals surface area contributed by atoms with Crippen LogP contribution in [0.25, 0.3) is 0 Å². The Labute approximate surface area is 93.2 Å². The van der Waals surface area contributed by atoms with Gasteiger partial charge in [-0.2, -0.15) is 0 Å². The summed E-state index contributed by atoms with van der Waals surface area (Å²) in [7, 11) is 4.07. The summed E-state index contributed by atoms with van der Waals surface area (Å²) >= 11 is 3.57. The van der Waals surface area contributed by atoms with Crippen LogP contribution in [0.15, 0.2) is 22.7 Å². The normalized spacial score (nSPS) is 18.0. The summed E-state index contributed by atoms with van der Waals surface area (Å²) in [6.07, 6.45) is 2.22. The summed E-state index contributed by atoms with van der Waals surface area (Å²) in [5.41, 5.74) is 8.53. The first-order valence-corrected chi connectivity index (χ1v) is 5.58. The molecule has 1 aliphatic rings. The van der Waals surface area contributed by atoms with Gasteiger partial charge in [-0.15, -0.1) is 0 Å². The van der Waals surface area contributed by atoms with Gasteiger partial charge in [-0.05, 0) is 46.5 Å². The fourth-order valence-electron chi connectivity index (χ4n) is 1.60. The van der Waals surface area contributed by atoms with Crippen molar-refractivity contribution < 1.29 is 0 Å². The first kappa shape index (κ1) is 9.99. The predicted octanol–water partition coefficient (Wildman–Crippen LogP) is 2.46. The lowest BCUT2D eigenvalue weighted by Crippen LogP contribution is -2.19. The summed E-state index contributed by atoms with van der Waals surface area (Å²) in [5.74, 6) is 0. The van der Waals surface area contributed by atoms with E-state index < -0.39 is 0 Å². The molecule has 0 amide bonds. The molecule has 0 aliphatic heterocycles. The summed E-state index contributed by atoms with van der Waals surface area (Å²) in [4.78, 5) is 2.09. The third-order valence-corrected chi connectivity index (χ3v) is 3.43. The molecule has 0 aromatic heterocycles. The zero-order valence-corrected chi connectivity index (χ0v) is 10.1. The largest absolute Gasteiger partial charge is 0.377 e. The molecule has 0 saturated heterocycles. The van der Waals surface area contributed by atoms with Crippen molar-refractivity contribution in [3.8, 4) is 0 Å². The maximum atomic E-state index is 6.13. The van der Waals surface area contributed by atoms with E-state index in [2.05, 4.69) is 39.0 Å². The van der Waals surface area contributed by atoms with Crippen LogP contribution in [0.4, 0.5) is 5.69 Å². The maximum absolute atomic E-state index is 6.13. The van der Waals surface area contributed by atoms with Gasteiger partial charge in [-0.25, -0.2) is 0 Å². The number of nitrogens with zero attached hydrogens (tertiary/aromatic N) is 1. The number of anilines is 1. The van der Waals surface area contributed by atoms with Crippen molar-refractivity contribution in [3.63, 3.8) is 0 Å². The van der Waals surface area contributed by atoms with Crippen molar-refractivity contribution in [2.24, 2.45) is 5.73 Å². The highest BCUT2D eigenvalue weighted by Crippen LogP contribution is 2.44. The molecular weight excluding hydrogens is 240 g/mol. The molecular formula is C11H15BrN2. The van der Waals surface area contributed by atoms with Crippen molar-refractivity contribution in [1.29, 1.82) is 0 Å². The van der Waals surface area contributed by atoms with E-state index >= 15 is 0 Å². The molecule has 1 fully saturated rings. The van der Waals surface area contributed by atoms with E-state index in [0.29, 0.717) is 0 Å². The van der Waals surface area contributed by atoms with Crippen molar-refractivity contribution in [1.82, 2.24) is 0 Å². The SMILES string of the molecule is CN(C)c1ccc(C2(N)CC2)cc1Br. The molecule has 2 N–H and O–H groups in total. The van der Waals surface area contributed by atoms with Gasteiger partial charge in [0.25, 0.3) is 0 Å². The van der Waals surface area contributed by atoms with E-state index in [1.807, 2.05) is 14.1 Å². The van der Waals surface area contributed by atoms with Gasteiger partial charge in [0.2, 0.25) is 0 Å². The fourth-order valence-corrected chi connectivity index (χ4v) is 2.34. The second-order valence-electron chi connectivity index (χ2n) is 4.22. The predicted molar refractivity (Wildman–Crippen MR) is 63.6 cm³/mol. The van der Waals surface area contributed by atoms with Crippen LogP contribution in [0.3, 0.4) is 0 Å². The van der Waals surface area contributed by atoms with E-state index in [-0.39, 0.29) is 5.54 Å². The summed E-state index contributed by atoms with van der Waals surface area (Å²) in [5, 5.41) is 0. The van der Waals surface area contributed by atoms with E-state index in [9.17, 15) is 0 Å². The highest BCUT2D eigenvalue weighted by atomic mass is 79.9. The van der Waals surface area contributed by atoms with Gasteiger partial charge in [0.1, 0.15) is 0 Å². The lowest BCUT2D eigenvalue weighted by atomic mass is 10.1. The molecule has 2 rings (SSSR count). The lowest BCUT2D eigenvalue weighted by molar-refractivity contribution is 0.739. The molecule has 14 heavy (non-hydrogen) atoms. The van der Waals surface area contributed by atoms with Crippen LogP contribution in [0.2, 0.25) is 0 Å². The van der Waals surface area contributed by atoms with E-state index in [1.54, 1.807) is 0 Å². The zero-order chi connectivity index (χ0) is 10.3.